The number of hydrogen-bond acceptors (Lipinski definition) is 9. The molecular formula is C36H46N4O3S2. The van der Waals surface area contributed by atoms with Crippen molar-refractivity contribution in [2.45, 2.75) is 39.0 Å². The molecule has 0 aliphatic carbocycles. The molecule has 0 saturated carbocycles. The van der Waals surface area contributed by atoms with E-state index in [0.717, 1.165) is 17.8 Å². The van der Waals surface area contributed by atoms with Crippen molar-refractivity contribution in [2.24, 2.45) is 0 Å². The molecule has 0 bridgehead atoms. The molecule has 4 rings (SSSR count). The Labute approximate surface area is 309 Å². The largest absolute Gasteiger partial charge is 0.493 e. The molecule has 0 saturated heterocycles. The molecule has 5 N–H and O–H groups in total. The van der Waals surface area contributed by atoms with Crippen molar-refractivity contribution in [3.63, 3.8) is 0 Å². The summed E-state index contributed by atoms with van der Waals surface area (Å²) in [6.07, 6.45) is -3.50. The Morgan fingerprint density at radius 1 is 0.800 bits per heavy atom. The van der Waals surface area contributed by atoms with Crippen molar-refractivity contribution >= 4 is 34.9 Å². The van der Waals surface area contributed by atoms with Gasteiger partial charge in [-0.25, -0.2) is 0 Å². The molecule has 0 spiro atoms. The first-order valence-corrected chi connectivity index (χ1v) is 14.4. The van der Waals surface area contributed by atoms with Crippen LogP contribution in [0.5, 0.6) is 11.5 Å². The first-order chi connectivity index (χ1) is 30.7. The summed E-state index contributed by atoms with van der Waals surface area (Å²) in [5.74, 6) is -0.484. The zero-order valence-electron chi connectivity index (χ0n) is 46.6. The van der Waals surface area contributed by atoms with Gasteiger partial charge < -0.3 is 35.8 Å². The van der Waals surface area contributed by atoms with Gasteiger partial charge in [-0.2, -0.15) is 0 Å². The van der Waals surface area contributed by atoms with Crippen LogP contribution in [0.25, 0.3) is 0 Å². The highest BCUT2D eigenvalue weighted by Gasteiger charge is 2.11. The Morgan fingerprint density at radius 2 is 1.31 bits per heavy atom. The van der Waals surface area contributed by atoms with E-state index in [2.05, 4.69) is 0 Å². The normalized spacial score (nSPS) is 20.6. The second kappa shape index (κ2) is 19.0. The highest BCUT2D eigenvalue weighted by atomic mass is 32.2. The van der Waals surface area contributed by atoms with Crippen LogP contribution in [0.2, 0.25) is 0 Å². The van der Waals surface area contributed by atoms with E-state index >= 15 is 0 Å². The third-order valence-electron chi connectivity index (χ3n) is 5.49. The molecule has 7 nitrogen and oxygen atoms in total. The zero-order valence-corrected chi connectivity index (χ0v) is 25.3. The predicted molar refractivity (Wildman–Crippen MR) is 191 cm³/mol. The number of nitrogens with two attached hydrogens (primary N) is 2. The lowest BCUT2D eigenvalue weighted by atomic mass is 10.2. The summed E-state index contributed by atoms with van der Waals surface area (Å²) in [6.45, 7) is -24.0. The van der Waals surface area contributed by atoms with Gasteiger partial charge in [0.1, 0.15) is 18.1 Å². The van der Waals surface area contributed by atoms with E-state index < -0.39 is 79.6 Å². The number of nitrogen functional groups attached to an aromatic ring is 2. The van der Waals surface area contributed by atoms with Gasteiger partial charge in [0.25, 0.3) is 0 Å². The minimum absolute atomic E-state index is 0.0892. The van der Waals surface area contributed by atoms with E-state index in [-0.39, 0.29) is 27.5 Å². The molecule has 0 amide bonds. The van der Waals surface area contributed by atoms with Gasteiger partial charge in [-0.15, -0.1) is 0 Å². The van der Waals surface area contributed by atoms with Gasteiger partial charge in [0.2, 0.25) is 0 Å². The van der Waals surface area contributed by atoms with Crippen LogP contribution in [-0.4, -0.2) is 62.5 Å². The van der Waals surface area contributed by atoms with Crippen LogP contribution >= 0.6 is 23.5 Å². The van der Waals surface area contributed by atoms with Crippen molar-refractivity contribution in [2.75, 3.05) is 59.0 Å². The predicted octanol–water partition coefficient (Wildman–Crippen LogP) is 7.29. The number of para-hydroxylation sites is 2. The lowest BCUT2D eigenvalue weighted by Crippen LogP contribution is -2.11. The van der Waals surface area contributed by atoms with Crippen LogP contribution in [0.4, 0.5) is 11.4 Å². The van der Waals surface area contributed by atoms with Crippen molar-refractivity contribution in [3.8, 4) is 11.5 Å². The summed E-state index contributed by atoms with van der Waals surface area (Å²) in [5, 5.41) is 9.44. The van der Waals surface area contributed by atoms with Gasteiger partial charge in [0.15, 0.2) is 0 Å². The third kappa shape index (κ3) is 12.4. The topological polar surface area (TPSA) is 97.2 Å². The lowest BCUT2D eigenvalue weighted by molar-refractivity contribution is 0.233. The second-order valence-electron chi connectivity index (χ2n) is 8.76. The van der Waals surface area contributed by atoms with E-state index in [0.29, 0.717) is 35.9 Å². The zero-order chi connectivity index (χ0) is 52.2. The van der Waals surface area contributed by atoms with Crippen LogP contribution in [0.3, 0.4) is 0 Å². The molecule has 0 aliphatic rings. The molecule has 45 heavy (non-hydrogen) atoms. The number of ether oxygens (including phenoxy) is 2. The van der Waals surface area contributed by atoms with Gasteiger partial charge in [0, 0.05) is 76.2 Å². The minimum atomic E-state index is -3.60. The highest BCUT2D eigenvalue weighted by molar-refractivity contribution is 7.99. The summed E-state index contributed by atoms with van der Waals surface area (Å²) in [7, 11) is 0. The fraction of sp³-hybridized carbons (Fsp3) is 0.278. The Hall–Kier alpha value is -3.60. The Balaban J connectivity index is 0.000000361. The SMILES string of the molecule is [2H]C([2H])([2H])N(Cc1cc(OC([2H])([2H])C([2H])([2H])C([2H])([2H])O)ccc1Sc1ccccc1N)C([2H])([2H])[2H].[2H]C([2H])=C([2H])C([2H])([2H])Oc1ccc(Sc2ccccc2N)c(CN(C([2H])([2H])[2H])C([2H])([2H])[2H])c1. The number of hydrogen-bond donors (Lipinski definition) is 3. The molecule has 0 aromatic heterocycles. The van der Waals surface area contributed by atoms with Gasteiger partial charge in [-0.3, -0.25) is 0 Å². The van der Waals surface area contributed by atoms with Crippen molar-refractivity contribution in [1.82, 2.24) is 9.80 Å². The smallest absolute Gasteiger partial charge is 0.120 e. The molecule has 4 aromatic rings. The minimum Gasteiger partial charge on any atom is -0.493 e. The number of rotatable bonds is 15. The average Bonchev–Trinajstić information content (AvgIpc) is 3.16. The van der Waals surface area contributed by atoms with Crippen molar-refractivity contribution < 1.29 is 46.1 Å². The molecule has 9 heteroatoms. The molecule has 0 unspecified atom stereocenters. The fourth-order valence-corrected chi connectivity index (χ4v) is 5.52. The average molecular weight is 670 g/mol. The first kappa shape index (κ1) is 15.3. The molecule has 0 aliphatic heterocycles. The maximum absolute atomic E-state index is 9.44. The number of nitrogens with zero attached hydrogens (tertiary/aromatic N) is 2. The number of benzene rings is 4. The molecule has 0 radical (unpaired) electrons. The van der Waals surface area contributed by atoms with Crippen LogP contribution in [0, 0.1) is 0 Å². The summed E-state index contributed by atoms with van der Waals surface area (Å²) in [6, 6.07) is 20.5. The fourth-order valence-electron chi connectivity index (χ4n) is 3.60. The summed E-state index contributed by atoms with van der Waals surface area (Å²) < 4.78 is 185. The van der Waals surface area contributed by atoms with Crippen LogP contribution in [0.15, 0.2) is 117 Å². The van der Waals surface area contributed by atoms with Crippen LogP contribution in [0.1, 0.15) is 49.0 Å². The Morgan fingerprint density at radius 3 is 1.78 bits per heavy atom. The molecule has 4 aromatic carbocycles. The first-order valence-electron chi connectivity index (χ1n) is 24.3. The Kier molecular flexibility index (Phi) is 6.48. The van der Waals surface area contributed by atoms with E-state index in [9.17, 15) is 5.11 Å². The van der Waals surface area contributed by atoms with Crippen LogP contribution in [-0.2, 0) is 13.1 Å². The number of aliphatic hydroxyl groups is 1. The van der Waals surface area contributed by atoms with E-state index in [1.165, 1.54) is 42.1 Å². The molecule has 0 heterocycles. The highest BCUT2D eigenvalue weighted by Crippen LogP contribution is 2.37. The molecule has 0 fully saturated rings. The standard InChI is InChI=1S/C18H24N2O2S.C18H22N2OS/c1-20(2)13-14-12-15(22-11-5-10-21)8-9-17(14)23-18-7-4-3-6-16(18)19;1-4-11-21-15-9-10-17(14(12-15)13-20(2)3)22-18-8-6-5-7-16(18)19/h3-4,6-9,12,21H,5,10-11,13,19H2,1-2H3;4-10,12H,1,11,13,19H2,2-3H3/i1D3,2D3,5D2,10D2,11D2;1D2,2D3,3D3,4D,11D2. The maximum atomic E-state index is 9.44. The van der Waals surface area contributed by atoms with Crippen molar-refractivity contribution in [3.05, 3.63) is 109 Å². The summed E-state index contributed by atoms with van der Waals surface area (Å²) in [4.78, 5) is 2.70. The van der Waals surface area contributed by atoms with E-state index in [1.807, 2.05) is 0 Å². The van der Waals surface area contributed by atoms with Gasteiger partial charge >= 0.3 is 0 Å². The summed E-state index contributed by atoms with van der Waals surface area (Å²) in [5.41, 5.74) is 13.1. The maximum Gasteiger partial charge on any atom is 0.120 e. The quantitative estimate of drug-likeness (QED) is 0.0891. The number of anilines is 2. The molecule has 240 valence electrons. The summed E-state index contributed by atoms with van der Waals surface area (Å²) >= 11 is 2.27. The lowest BCUT2D eigenvalue weighted by Gasteiger charge is -2.16. The van der Waals surface area contributed by atoms with Gasteiger partial charge in [-0.05, 0) is 99.7 Å². The Bertz CT molecular complexity index is 2350. The molecule has 0 atom stereocenters. The third-order valence-corrected chi connectivity index (χ3v) is 7.91. The van der Waals surface area contributed by atoms with Crippen LogP contribution < -0.4 is 20.9 Å². The van der Waals surface area contributed by atoms with E-state index in [1.54, 1.807) is 48.5 Å². The monoisotopic (exact) mass is 669 g/mol. The van der Waals surface area contributed by atoms with Gasteiger partial charge in [0.05, 0.1) is 18.9 Å². The molecular weight excluding hydrogens is 601 g/mol. The van der Waals surface area contributed by atoms with E-state index in [4.69, 9.17) is 52.5 Å². The van der Waals surface area contributed by atoms with Crippen molar-refractivity contribution in [1.29, 1.82) is 0 Å². The second-order valence-corrected chi connectivity index (χ2v) is 10.9. The van der Waals surface area contributed by atoms with Gasteiger partial charge in [-0.1, -0.05) is 60.4 Å².